The molecule has 0 unspecified atom stereocenters. The summed E-state index contributed by atoms with van der Waals surface area (Å²) >= 11 is 5.99. The molecule has 0 spiro atoms. The Hall–Kier alpha value is -0.910. The number of halogens is 1. The van der Waals surface area contributed by atoms with Crippen molar-refractivity contribution in [2.45, 2.75) is 12.2 Å². The third-order valence-electron chi connectivity index (χ3n) is 2.76. The van der Waals surface area contributed by atoms with Gasteiger partial charge in [-0.2, -0.15) is 0 Å². The normalized spacial score (nSPS) is 25.1. The average molecular weight is 244 g/mol. The van der Waals surface area contributed by atoms with Crippen LogP contribution >= 0.6 is 11.6 Å². The van der Waals surface area contributed by atoms with Gasteiger partial charge in [-0.15, -0.1) is 0 Å². The highest BCUT2D eigenvalue weighted by Gasteiger charge is 2.34. The van der Waals surface area contributed by atoms with Crippen molar-refractivity contribution < 1.29 is 9.47 Å². The maximum Gasteiger partial charge on any atom is 0.171 e. The molecular formula is C10H14ClN3O2. The molecule has 1 fully saturated rings. The van der Waals surface area contributed by atoms with E-state index in [9.17, 15) is 0 Å². The lowest BCUT2D eigenvalue weighted by Gasteiger charge is -2.16. The first-order valence-electron chi connectivity index (χ1n) is 5.03. The Kier molecular flexibility index (Phi) is 3.58. The molecule has 88 valence electrons. The molecule has 0 aromatic carbocycles. The molecule has 6 heteroatoms. The number of nitrogens with zero attached hydrogens (tertiary/aromatic N) is 3. The molecule has 1 saturated heterocycles. The fourth-order valence-corrected chi connectivity index (χ4v) is 2.12. The molecule has 0 N–H and O–H groups in total. The van der Waals surface area contributed by atoms with Crippen molar-refractivity contribution in [3.63, 3.8) is 0 Å². The number of rotatable bonds is 3. The van der Waals surface area contributed by atoms with E-state index in [2.05, 4.69) is 9.97 Å². The van der Waals surface area contributed by atoms with Gasteiger partial charge in [-0.05, 0) is 0 Å². The van der Waals surface area contributed by atoms with Crippen LogP contribution in [0, 0.1) is 0 Å². The summed E-state index contributed by atoms with van der Waals surface area (Å²) < 4.78 is 10.7. The van der Waals surface area contributed by atoms with Gasteiger partial charge in [0.1, 0.15) is 12.2 Å². The monoisotopic (exact) mass is 243 g/mol. The van der Waals surface area contributed by atoms with Crippen LogP contribution in [0.4, 0.5) is 5.82 Å². The number of methoxy groups -OCH3 is 2. The van der Waals surface area contributed by atoms with Gasteiger partial charge in [0.15, 0.2) is 11.0 Å². The van der Waals surface area contributed by atoms with Gasteiger partial charge >= 0.3 is 0 Å². The highest BCUT2D eigenvalue weighted by Crippen LogP contribution is 2.25. The summed E-state index contributed by atoms with van der Waals surface area (Å²) in [6.07, 6.45) is 3.29. The van der Waals surface area contributed by atoms with E-state index in [1.807, 2.05) is 4.90 Å². The number of hydrogen-bond donors (Lipinski definition) is 0. The molecule has 0 radical (unpaired) electrons. The van der Waals surface area contributed by atoms with Gasteiger partial charge in [0, 0.05) is 39.7 Å². The van der Waals surface area contributed by atoms with Crippen molar-refractivity contribution >= 4 is 17.4 Å². The van der Waals surface area contributed by atoms with Gasteiger partial charge in [0.05, 0.1) is 0 Å². The highest BCUT2D eigenvalue weighted by atomic mass is 35.5. The minimum absolute atomic E-state index is 0.0445. The van der Waals surface area contributed by atoms with Crippen LogP contribution < -0.4 is 4.90 Å². The Morgan fingerprint density at radius 2 is 1.75 bits per heavy atom. The Bertz CT molecular complexity index is 352. The molecule has 2 rings (SSSR count). The van der Waals surface area contributed by atoms with E-state index in [4.69, 9.17) is 21.1 Å². The van der Waals surface area contributed by atoms with Crippen molar-refractivity contribution in [3.05, 3.63) is 17.5 Å². The predicted octanol–water partition coefficient (Wildman–Crippen LogP) is 0.980. The molecule has 1 aromatic heterocycles. The fourth-order valence-electron chi connectivity index (χ4n) is 1.90. The summed E-state index contributed by atoms with van der Waals surface area (Å²) in [4.78, 5) is 10.2. The summed E-state index contributed by atoms with van der Waals surface area (Å²) in [5, 5.41) is 0.411. The van der Waals surface area contributed by atoms with E-state index in [1.165, 1.54) is 0 Å². The second-order valence-electron chi connectivity index (χ2n) is 3.62. The maximum atomic E-state index is 5.99. The fraction of sp³-hybridized carbons (Fsp3) is 0.600. The molecule has 0 aliphatic carbocycles. The van der Waals surface area contributed by atoms with Crippen LogP contribution in [-0.2, 0) is 9.47 Å². The Labute approximate surface area is 99.3 Å². The molecule has 16 heavy (non-hydrogen) atoms. The Morgan fingerprint density at radius 1 is 1.19 bits per heavy atom. The summed E-state index contributed by atoms with van der Waals surface area (Å²) in [5.41, 5.74) is 0. The minimum Gasteiger partial charge on any atom is -0.377 e. The summed E-state index contributed by atoms with van der Waals surface area (Å²) in [6, 6.07) is 0. The van der Waals surface area contributed by atoms with E-state index in [-0.39, 0.29) is 12.2 Å². The second-order valence-corrected chi connectivity index (χ2v) is 3.98. The van der Waals surface area contributed by atoms with E-state index < -0.39 is 0 Å². The van der Waals surface area contributed by atoms with Gasteiger partial charge in [-0.25, -0.2) is 9.97 Å². The molecule has 1 aliphatic rings. The maximum absolute atomic E-state index is 5.99. The topological polar surface area (TPSA) is 47.5 Å². The van der Waals surface area contributed by atoms with Gasteiger partial charge in [0.25, 0.3) is 0 Å². The zero-order valence-electron chi connectivity index (χ0n) is 9.26. The Balaban J connectivity index is 2.16. The van der Waals surface area contributed by atoms with Crippen molar-refractivity contribution in [3.8, 4) is 0 Å². The van der Waals surface area contributed by atoms with Crippen molar-refractivity contribution in [2.75, 3.05) is 32.2 Å². The summed E-state index contributed by atoms with van der Waals surface area (Å²) in [7, 11) is 3.36. The molecule has 0 amide bonds. The van der Waals surface area contributed by atoms with E-state index in [0.29, 0.717) is 24.1 Å². The average Bonchev–Trinajstić information content (AvgIpc) is 2.72. The summed E-state index contributed by atoms with van der Waals surface area (Å²) in [5.74, 6) is 0.686. The van der Waals surface area contributed by atoms with Gasteiger partial charge < -0.3 is 14.4 Å². The quantitative estimate of drug-likeness (QED) is 0.792. The van der Waals surface area contributed by atoms with Crippen LogP contribution in [0.1, 0.15) is 0 Å². The van der Waals surface area contributed by atoms with Crippen LogP contribution in [0.15, 0.2) is 12.4 Å². The van der Waals surface area contributed by atoms with Crippen molar-refractivity contribution in [2.24, 2.45) is 0 Å². The molecule has 2 atom stereocenters. The predicted molar refractivity (Wildman–Crippen MR) is 60.8 cm³/mol. The number of ether oxygens (including phenoxy) is 2. The number of hydrogen-bond acceptors (Lipinski definition) is 5. The van der Waals surface area contributed by atoms with Crippen LogP contribution in [0.25, 0.3) is 0 Å². The van der Waals surface area contributed by atoms with Crippen LogP contribution in [0.5, 0.6) is 0 Å². The third-order valence-corrected chi connectivity index (χ3v) is 3.02. The standard InChI is InChI=1S/C10H14ClN3O2/c1-15-7-5-14(6-8(7)16-2)10-9(11)12-3-4-13-10/h3-4,7-8H,5-6H2,1-2H3/t7-,8+. The molecule has 0 saturated carbocycles. The lowest BCUT2D eigenvalue weighted by atomic mass is 10.3. The van der Waals surface area contributed by atoms with Crippen LogP contribution in [0.2, 0.25) is 5.15 Å². The molecule has 1 aliphatic heterocycles. The Morgan fingerprint density at radius 3 is 2.25 bits per heavy atom. The third kappa shape index (κ3) is 2.11. The van der Waals surface area contributed by atoms with E-state index in [1.54, 1.807) is 26.6 Å². The van der Waals surface area contributed by atoms with E-state index in [0.717, 1.165) is 0 Å². The van der Waals surface area contributed by atoms with E-state index >= 15 is 0 Å². The zero-order chi connectivity index (χ0) is 11.5. The number of anilines is 1. The first-order valence-corrected chi connectivity index (χ1v) is 5.41. The van der Waals surface area contributed by atoms with Gasteiger partial charge in [0.2, 0.25) is 0 Å². The molecular weight excluding hydrogens is 230 g/mol. The molecule has 0 bridgehead atoms. The van der Waals surface area contributed by atoms with Crippen molar-refractivity contribution in [1.82, 2.24) is 9.97 Å². The largest absolute Gasteiger partial charge is 0.377 e. The van der Waals surface area contributed by atoms with Crippen LogP contribution in [-0.4, -0.2) is 49.5 Å². The van der Waals surface area contributed by atoms with Crippen LogP contribution in [0.3, 0.4) is 0 Å². The van der Waals surface area contributed by atoms with Crippen molar-refractivity contribution in [1.29, 1.82) is 0 Å². The summed E-state index contributed by atoms with van der Waals surface area (Å²) in [6.45, 7) is 1.43. The second kappa shape index (κ2) is 4.95. The molecule has 5 nitrogen and oxygen atoms in total. The minimum atomic E-state index is 0.0445. The van der Waals surface area contributed by atoms with Gasteiger partial charge in [-0.1, -0.05) is 11.6 Å². The highest BCUT2D eigenvalue weighted by molar-refractivity contribution is 6.31. The zero-order valence-corrected chi connectivity index (χ0v) is 10.0. The first kappa shape index (κ1) is 11.6. The lowest BCUT2D eigenvalue weighted by Crippen LogP contribution is -2.27. The molecule has 2 heterocycles. The first-order chi connectivity index (χ1) is 7.76. The lowest BCUT2D eigenvalue weighted by molar-refractivity contribution is -0.00461. The smallest absolute Gasteiger partial charge is 0.171 e. The number of aromatic nitrogens is 2. The van der Waals surface area contributed by atoms with Gasteiger partial charge in [-0.3, -0.25) is 0 Å². The molecule has 1 aromatic rings. The SMILES string of the molecule is CO[C@H]1CN(c2nccnc2Cl)C[C@H]1OC.